The molecule has 3 aromatic rings. The Bertz CT molecular complexity index is 889. The molecule has 2 amide bonds. The molecule has 132 valence electrons. The fourth-order valence-corrected chi connectivity index (χ4v) is 3.07. The molecular weight excluding hydrogens is 346 g/mol. The summed E-state index contributed by atoms with van der Waals surface area (Å²) in [7, 11) is 0. The highest BCUT2D eigenvalue weighted by Gasteiger charge is 2.07. The van der Waals surface area contributed by atoms with Gasteiger partial charge in [0.25, 0.3) is 0 Å². The van der Waals surface area contributed by atoms with Crippen LogP contribution in [0.2, 0.25) is 0 Å². The molecule has 0 unspecified atom stereocenters. The number of nitrogens with one attached hydrogen (secondary N) is 2. The summed E-state index contributed by atoms with van der Waals surface area (Å²) in [5.74, 6) is -0.440. The van der Waals surface area contributed by atoms with Gasteiger partial charge in [-0.3, -0.25) is 9.59 Å². The van der Waals surface area contributed by atoms with E-state index in [4.69, 9.17) is 0 Å². The predicted molar refractivity (Wildman–Crippen MR) is 104 cm³/mol. The van der Waals surface area contributed by atoms with Crippen molar-refractivity contribution < 1.29 is 9.59 Å². The minimum absolute atomic E-state index is 0.0568. The maximum atomic E-state index is 12.0. The van der Waals surface area contributed by atoms with Gasteiger partial charge in [0.2, 0.25) is 11.8 Å². The third-order valence-corrected chi connectivity index (χ3v) is 4.51. The number of benzene rings is 2. The van der Waals surface area contributed by atoms with E-state index in [1.54, 1.807) is 11.3 Å². The Morgan fingerprint density at radius 3 is 2.38 bits per heavy atom. The Balaban J connectivity index is 1.48. The van der Waals surface area contributed by atoms with Crippen molar-refractivity contribution in [3.63, 3.8) is 0 Å². The summed E-state index contributed by atoms with van der Waals surface area (Å²) in [5, 5.41) is 8.43. The summed E-state index contributed by atoms with van der Waals surface area (Å²) >= 11 is 1.60. The van der Waals surface area contributed by atoms with Crippen LogP contribution in [0.25, 0.3) is 11.3 Å². The number of carbonyl (C=O) groups is 2. The lowest BCUT2D eigenvalue weighted by Gasteiger charge is -2.08. The molecule has 1 heterocycles. The zero-order chi connectivity index (χ0) is 18.4. The number of carbonyl (C=O) groups excluding carboxylic acids is 2. The van der Waals surface area contributed by atoms with E-state index in [-0.39, 0.29) is 24.8 Å². The van der Waals surface area contributed by atoms with Crippen molar-refractivity contribution in [3.8, 4) is 11.3 Å². The number of amides is 2. The number of anilines is 1. The second-order valence-electron chi connectivity index (χ2n) is 5.82. The maximum absolute atomic E-state index is 12.0. The number of thiazole rings is 1. The monoisotopic (exact) mass is 365 g/mol. The van der Waals surface area contributed by atoms with E-state index in [1.807, 2.05) is 66.9 Å². The zero-order valence-corrected chi connectivity index (χ0v) is 15.2. The number of aryl methyl sites for hydroxylation is 1. The Hall–Kier alpha value is -2.99. The van der Waals surface area contributed by atoms with Gasteiger partial charge in [-0.25, -0.2) is 4.98 Å². The molecule has 0 saturated heterocycles. The molecule has 0 radical (unpaired) electrons. The summed E-state index contributed by atoms with van der Waals surface area (Å²) in [5.41, 5.74) is 3.53. The molecule has 0 fully saturated rings. The van der Waals surface area contributed by atoms with Gasteiger partial charge in [0.15, 0.2) is 0 Å². The SMILES string of the molecule is Cc1nc(-c2ccc(NC(=O)CNC(=O)Cc3ccccc3)cc2)cs1. The van der Waals surface area contributed by atoms with Crippen LogP contribution in [0.3, 0.4) is 0 Å². The van der Waals surface area contributed by atoms with Gasteiger partial charge in [0.1, 0.15) is 0 Å². The molecular formula is C20H19N3O2S. The van der Waals surface area contributed by atoms with E-state index < -0.39 is 0 Å². The van der Waals surface area contributed by atoms with Crippen LogP contribution < -0.4 is 10.6 Å². The first-order chi connectivity index (χ1) is 12.6. The highest BCUT2D eigenvalue weighted by atomic mass is 32.1. The average Bonchev–Trinajstić information content (AvgIpc) is 3.08. The highest BCUT2D eigenvalue weighted by molar-refractivity contribution is 7.09. The van der Waals surface area contributed by atoms with Gasteiger partial charge < -0.3 is 10.6 Å². The van der Waals surface area contributed by atoms with Crippen molar-refractivity contribution in [1.82, 2.24) is 10.3 Å². The van der Waals surface area contributed by atoms with Crippen LogP contribution in [-0.4, -0.2) is 23.3 Å². The summed E-state index contributed by atoms with van der Waals surface area (Å²) in [4.78, 5) is 28.3. The van der Waals surface area contributed by atoms with E-state index in [9.17, 15) is 9.59 Å². The Kier molecular flexibility index (Phi) is 5.76. The molecule has 5 nitrogen and oxygen atoms in total. The maximum Gasteiger partial charge on any atom is 0.243 e. The summed E-state index contributed by atoms with van der Waals surface area (Å²) in [6, 6.07) is 16.9. The van der Waals surface area contributed by atoms with Crippen molar-refractivity contribution in [1.29, 1.82) is 0 Å². The molecule has 2 aromatic carbocycles. The van der Waals surface area contributed by atoms with Gasteiger partial charge >= 0.3 is 0 Å². The van der Waals surface area contributed by atoms with Gasteiger partial charge in [-0.2, -0.15) is 0 Å². The molecule has 0 atom stereocenters. The van der Waals surface area contributed by atoms with Crippen LogP contribution in [0.5, 0.6) is 0 Å². The fraction of sp³-hybridized carbons (Fsp3) is 0.150. The molecule has 0 saturated carbocycles. The van der Waals surface area contributed by atoms with Gasteiger partial charge in [-0.15, -0.1) is 11.3 Å². The van der Waals surface area contributed by atoms with E-state index >= 15 is 0 Å². The first-order valence-electron chi connectivity index (χ1n) is 8.23. The zero-order valence-electron chi connectivity index (χ0n) is 14.4. The van der Waals surface area contributed by atoms with Crippen molar-refractivity contribution >= 4 is 28.8 Å². The molecule has 2 N–H and O–H groups in total. The standard InChI is InChI=1S/C20H19N3O2S/c1-14-22-18(13-26-14)16-7-9-17(10-8-16)23-20(25)12-21-19(24)11-15-5-3-2-4-6-15/h2-10,13H,11-12H2,1H3,(H,21,24)(H,23,25). The number of rotatable bonds is 6. The van der Waals surface area contributed by atoms with Gasteiger partial charge in [-0.1, -0.05) is 42.5 Å². The number of nitrogens with zero attached hydrogens (tertiary/aromatic N) is 1. The first-order valence-corrected chi connectivity index (χ1v) is 9.11. The molecule has 0 aliphatic heterocycles. The molecule has 0 spiro atoms. The quantitative estimate of drug-likeness (QED) is 0.703. The van der Waals surface area contributed by atoms with E-state index in [0.29, 0.717) is 5.69 Å². The average molecular weight is 365 g/mol. The van der Waals surface area contributed by atoms with Gasteiger partial charge in [0, 0.05) is 16.6 Å². The fourth-order valence-electron chi connectivity index (χ4n) is 2.45. The predicted octanol–water partition coefficient (Wildman–Crippen LogP) is 3.42. The third kappa shape index (κ3) is 5.00. The smallest absolute Gasteiger partial charge is 0.243 e. The Morgan fingerprint density at radius 1 is 1.00 bits per heavy atom. The normalized spacial score (nSPS) is 10.3. The first kappa shape index (κ1) is 17.8. The Morgan fingerprint density at radius 2 is 1.73 bits per heavy atom. The van der Waals surface area contributed by atoms with Crippen molar-refractivity contribution in [2.24, 2.45) is 0 Å². The lowest BCUT2D eigenvalue weighted by Crippen LogP contribution is -2.33. The molecule has 0 aliphatic carbocycles. The van der Waals surface area contributed by atoms with Crippen molar-refractivity contribution in [2.45, 2.75) is 13.3 Å². The Labute approximate surface area is 156 Å². The lowest BCUT2D eigenvalue weighted by atomic mass is 10.1. The van der Waals surface area contributed by atoms with Crippen molar-refractivity contribution in [3.05, 3.63) is 70.5 Å². The lowest BCUT2D eigenvalue weighted by molar-refractivity contribution is -0.123. The number of aromatic nitrogens is 1. The molecule has 3 rings (SSSR count). The molecule has 6 heteroatoms. The van der Waals surface area contributed by atoms with Crippen LogP contribution >= 0.6 is 11.3 Å². The molecule has 26 heavy (non-hydrogen) atoms. The largest absolute Gasteiger partial charge is 0.347 e. The topological polar surface area (TPSA) is 71.1 Å². The summed E-state index contributed by atoms with van der Waals surface area (Å²) in [6.07, 6.45) is 0.260. The van der Waals surface area contributed by atoms with Gasteiger partial charge in [-0.05, 0) is 24.6 Å². The van der Waals surface area contributed by atoms with Crippen LogP contribution in [-0.2, 0) is 16.0 Å². The van der Waals surface area contributed by atoms with Crippen LogP contribution in [0.15, 0.2) is 60.0 Å². The second kappa shape index (κ2) is 8.40. The third-order valence-electron chi connectivity index (χ3n) is 3.74. The summed E-state index contributed by atoms with van der Waals surface area (Å²) in [6.45, 7) is 1.91. The minimum atomic E-state index is -0.260. The van der Waals surface area contributed by atoms with Crippen LogP contribution in [0.4, 0.5) is 5.69 Å². The van der Waals surface area contributed by atoms with Crippen LogP contribution in [0, 0.1) is 6.92 Å². The molecule has 1 aromatic heterocycles. The van der Waals surface area contributed by atoms with E-state index in [2.05, 4.69) is 15.6 Å². The minimum Gasteiger partial charge on any atom is -0.347 e. The van der Waals surface area contributed by atoms with Crippen molar-refractivity contribution in [2.75, 3.05) is 11.9 Å². The van der Waals surface area contributed by atoms with Crippen LogP contribution in [0.1, 0.15) is 10.6 Å². The van der Waals surface area contributed by atoms with E-state index in [1.165, 1.54) is 0 Å². The highest BCUT2D eigenvalue weighted by Crippen LogP contribution is 2.22. The number of hydrogen-bond donors (Lipinski definition) is 2. The molecule has 0 bridgehead atoms. The molecule has 0 aliphatic rings. The summed E-state index contributed by atoms with van der Waals surface area (Å²) < 4.78 is 0. The second-order valence-corrected chi connectivity index (χ2v) is 6.88. The van der Waals surface area contributed by atoms with Gasteiger partial charge in [0.05, 0.1) is 23.7 Å². The number of hydrogen-bond acceptors (Lipinski definition) is 4. The van der Waals surface area contributed by atoms with E-state index in [0.717, 1.165) is 21.8 Å².